The van der Waals surface area contributed by atoms with Gasteiger partial charge in [0.1, 0.15) is 0 Å². The van der Waals surface area contributed by atoms with E-state index < -0.39 is 16.3 Å². The summed E-state index contributed by atoms with van der Waals surface area (Å²) in [6, 6.07) is 39.1. The lowest BCUT2D eigenvalue weighted by Crippen LogP contribution is -2.38. The molecule has 4 atom stereocenters. The molecule has 1 fully saturated rings. The Morgan fingerprint density at radius 3 is 2.17 bits per heavy atom. The number of benzene rings is 5. The zero-order valence-corrected chi connectivity index (χ0v) is 26.9. The van der Waals surface area contributed by atoms with Gasteiger partial charge in [0, 0.05) is 31.1 Å². The number of fused-ring (bicyclic) bond motifs is 1. The van der Waals surface area contributed by atoms with Gasteiger partial charge in [0.15, 0.2) is 6.29 Å². The first-order valence-electron chi connectivity index (χ1n) is 15.6. The molecule has 5 aromatic rings. The Kier molecular flexibility index (Phi) is 9.94. The highest BCUT2D eigenvalue weighted by molar-refractivity contribution is 7.89. The summed E-state index contributed by atoms with van der Waals surface area (Å²) >= 11 is 0. The number of ether oxygens (including phenoxy) is 2. The number of sulfonamides is 1. The Hall–Kier alpha value is -3.89. The Bertz CT molecular complexity index is 1850. The van der Waals surface area contributed by atoms with E-state index >= 15 is 0 Å². The molecule has 0 bridgehead atoms. The number of hydrogen-bond acceptors (Lipinski definition) is 6. The molecule has 0 aromatic heterocycles. The zero-order chi connectivity index (χ0) is 32.1. The van der Waals surface area contributed by atoms with Crippen molar-refractivity contribution in [2.75, 3.05) is 13.6 Å². The molecule has 0 radical (unpaired) electrons. The first kappa shape index (κ1) is 32.1. The second kappa shape index (κ2) is 14.3. The molecule has 0 amide bonds. The number of rotatable bonds is 11. The third-order valence-corrected chi connectivity index (χ3v) is 10.2. The SMILES string of the molecule is CC(c1ccc2ccccc2c1)N(C)CC1CC(c2ccc(CO)cc2)OC(c2ccc(CNS(=O)(=O)c3ccccc3)cc2)O1. The van der Waals surface area contributed by atoms with E-state index in [4.69, 9.17) is 9.47 Å². The predicted molar refractivity (Wildman–Crippen MR) is 180 cm³/mol. The fourth-order valence-corrected chi connectivity index (χ4v) is 6.93. The van der Waals surface area contributed by atoms with Crippen molar-refractivity contribution in [1.82, 2.24) is 9.62 Å². The maximum absolute atomic E-state index is 12.7. The van der Waals surface area contributed by atoms with E-state index in [0.29, 0.717) is 13.0 Å². The van der Waals surface area contributed by atoms with Gasteiger partial charge < -0.3 is 14.6 Å². The van der Waals surface area contributed by atoms with Crippen LogP contribution in [0, 0.1) is 0 Å². The van der Waals surface area contributed by atoms with Crippen molar-refractivity contribution < 1.29 is 23.0 Å². The fourth-order valence-electron chi connectivity index (χ4n) is 5.89. The third kappa shape index (κ3) is 7.56. The monoisotopic (exact) mass is 636 g/mol. The smallest absolute Gasteiger partial charge is 0.240 e. The van der Waals surface area contributed by atoms with Crippen LogP contribution in [0.2, 0.25) is 0 Å². The molecule has 1 aliphatic rings. The number of aliphatic hydroxyl groups is 1. The quantitative estimate of drug-likeness (QED) is 0.162. The number of nitrogens with one attached hydrogen (secondary N) is 1. The van der Waals surface area contributed by atoms with E-state index in [0.717, 1.165) is 22.3 Å². The van der Waals surface area contributed by atoms with Crippen LogP contribution in [0.15, 0.2) is 126 Å². The van der Waals surface area contributed by atoms with E-state index in [1.54, 1.807) is 30.3 Å². The minimum atomic E-state index is -3.61. The highest BCUT2D eigenvalue weighted by atomic mass is 32.2. The molecule has 1 heterocycles. The molecule has 7 nitrogen and oxygen atoms in total. The molecular weight excluding hydrogens is 596 g/mol. The van der Waals surface area contributed by atoms with Crippen LogP contribution in [0.5, 0.6) is 0 Å². The van der Waals surface area contributed by atoms with Crippen molar-refractivity contribution in [2.24, 2.45) is 0 Å². The van der Waals surface area contributed by atoms with Gasteiger partial charge in [-0.05, 0) is 65.2 Å². The van der Waals surface area contributed by atoms with Crippen molar-refractivity contribution >= 4 is 20.8 Å². The minimum Gasteiger partial charge on any atom is -0.392 e. The Balaban J connectivity index is 1.17. The van der Waals surface area contributed by atoms with Gasteiger partial charge in [0.05, 0.1) is 23.7 Å². The van der Waals surface area contributed by atoms with Gasteiger partial charge in [0.2, 0.25) is 10.0 Å². The number of aliphatic hydroxyl groups excluding tert-OH is 1. The van der Waals surface area contributed by atoms with Gasteiger partial charge in [-0.1, -0.05) is 103 Å². The van der Waals surface area contributed by atoms with E-state index in [1.807, 2.05) is 48.5 Å². The van der Waals surface area contributed by atoms with Gasteiger partial charge in [-0.15, -0.1) is 0 Å². The van der Waals surface area contributed by atoms with Crippen LogP contribution < -0.4 is 4.72 Å². The van der Waals surface area contributed by atoms with Gasteiger partial charge in [0.25, 0.3) is 0 Å². The molecule has 0 spiro atoms. The summed E-state index contributed by atoms with van der Waals surface area (Å²) in [6.07, 6.45) is -0.214. The summed E-state index contributed by atoms with van der Waals surface area (Å²) in [6.45, 7) is 3.09. The minimum absolute atomic E-state index is 0.00846. The molecule has 46 heavy (non-hydrogen) atoms. The largest absolute Gasteiger partial charge is 0.392 e. The number of hydrogen-bond donors (Lipinski definition) is 2. The Labute approximate surface area is 271 Å². The van der Waals surface area contributed by atoms with Crippen LogP contribution in [0.1, 0.15) is 59.6 Å². The average molecular weight is 637 g/mol. The van der Waals surface area contributed by atoms with Crippen molar-refractivity contribution in [3.63, 3.8) is 0 Å². The van der Waals surface area contributed by atoms with Crippen LogP contribution in [0.4, 0.5) is 0 Å². The highest BCUT2D eigenvalue weighted by Gasteiger charge is 2.33. The van der Waals surface area contributed by atoms with Crippen LogP contribution in [0.3, 0.4) is 0 Å². The molecule has 8 heteroatoms. The van der Waals surface area contributed by atoms with Crippen molar-refractivity contribution in [3.05, 3.63) is 149 Å². The zero-order valence-electron chi connectivity index (χ0n) is 26.1. The lowest BCUT2D eigenvalue weighted by atomic mass is 9.98. The normalized spacial score (nSPS) is 19.3. The van der Waals surface area contributed by atoms with E-state index in [9.17, 15) is 13.5 Å². The number of likely N-dealkylation sites (N-methyl/N-ethyl adjacent to an activating group) is 1. The van der Waals surface area contributed by atoms with Crippen LogP contribution >= 0.6 is 0 Å². The van der Waals surface area contributed by atoms with Crippen molar-refractivity contribution in [3.8, 4) is 0 Å². The van der Waals surface area contributed by atoms with Crippen molar-refractivity contribution in [1.29, 1.82) is 0 Å². The van der Waals surface area contributed by atoms with Gasteiger partial charge in [-0.3, -0.25) is 4.90 Å². The van der Waals surface area contributed by atoms with E-state index in [1.165, 1.54) is 16.3 Å². The molecular formula is C38H40N2O5S. The molecule has 5 aromatic carbocycles. The van der Waals surface area contributed by atoms with Gasteiger partial charge in [-0.2, -0.15) is 0 Å². The lowest BCUT2D eigenvalue weighted by Gasteiger charge is -2.39. The number of nitrogens with zero attached hydrogens (tertiary/aromatic N) is 1. The molecule has 0 aliphatic carbocycles. The van der Waals surface area contributed by atoms with Crippen LogP contribution in [-0.4, -0.2) is 38.1 Å². The fraction of sp³-hybridized carbons (Fsp3) is 0.263. The van der Waals surface area contributed by atoms with E-state index in [2.05, 4.69) is 66.1 Å². The van der Waals surface area contributed by atoms with Crippen LogP contribution in [0.25, 0.3) is 10.8 Å². The second-order valence-electron chi connectivity index (χ2n) is 12.0. The highest BCUT2D eigenvalue weighted by Crippen LogP contribution is 2.39. The summed E-state index contributed by atoms with van der Waals surface area (Å²) in [7, 11) is -1.48. The Morgan fingerprint density at radius 2 is 1.46 bits per heavy atom. The summed E-state index contributed by atoms with van der Waals surface area (Å²) in [5.74, 6) is 0. The Morgan fingerprint density at radius 1 is 0.804 bits per heavy atom. The third-order valence-electron chi connectivity index (χ3n) is 8.80. The molecule has 4 unspecified atom stereocenters. The van der Waals surface area contributed by atoms with Gasteiger partial charge in [-0.25, -0.2) is 13.1 Å². The molecule has 6 rings (SSSR count). The summed E-state index contributed by atoms with van der Waals surface area (Å²) < 4.78 is 41.2. The van der Waals surface area contributed by atoms with Crippen LogP contribution in [-0.2, 0) is 32.6 Å². The van der Waals surface area contributed by atoms with Crippen molar-refractivity contribution in [2.45, 2.75) is 55.9 Å². The predicted octanol–water partition coefficient (Wildman–Crippen LogP) is 7.05. The maximum Gasteiger partial charge on any atom is 0.240 e. The molecule has 1 saturated heterocycles. The molecule has 2 N–H and O–H groups in total. The molecule has 0 saturated carbocycles. The van der Waals surface area contributed by atoms with E-state index in [-0.39, 0.29) is 36.3 Å². The summed E-state index contributed by atoms with van der Waals surface area (Å²) in [5.41, 5.74) is 4.83. The second-order valence-corrected chi connectivity index (χ2v) is 13.7. The molecule has 1 aliphatic heterocycles. The summed E-state index contributed by atoms with van der Waals surface area (Å²) in [5, 5.41) is 12.0. The summed E-state index contributed by atoms with van der Waals surface area (Å²) in [4.78, 5) is 2.56. The topological polar surface area (TPSA) is 88.1 Å². The first-order chi connectivity index (χ1) is 22.3. The lowest BCUT2D eigenvalue weighted by molar-refractivity contribution is -0.253. The van der Waals surface area contributed by atoms with Gasteiger partial charge >= 0.3 is 0 Å². The maximum atomic E-state index is 12.7. The average Bonchev–Trinajstić information content (AvgIpc) is 3.10. The standard InChI is InChI=1S/C38H40N2O5S/c1-27(33-21-20-30-8-6-7-9-34(30)22-33)40(2)25-35-23-37(31-16-14-29(26-41)15-17-31)45-38(44-35)32-18-12-28(13-19-32)24-39-46(42,43)36-10-4-3-5-11-36/h3-22,27,35,37-39,41H,23-26H2,1-2H3. The molecule has 238 valence electrons. The first-order valence-corrected chi connectivity index (χ1v) is 17.1.